The molecule has 5 atom stereocenters. The minimum atomic E-state index is -0.186. The van der Waals surface area contributed by atoms with Crippen molar-refractivity contribution in [2.24, 2.45) is 23.2 Å². The molecule has 3 saturated carbocycles. The zero-order valence-corrected chi connectivity index (χ0v) is 20.8. The monoisotopic (exact) mass is 451 g/mol. The number of carbonyl (C=O) groups excluding carboxylic acids is 2. The van der Waals surface area contributed by atoms with Crippen molar-refractivity contribution >= 4 is 11.7 Å². The van der Waals surface area contributed by atoms with E-state index in [0.29, 0.717) is 48.3 Å². The Kier molecular flexibility index (Phi) is 6.30. The molecular formula is C29H41NO3. The number of rotatable bonds is 5. The Labute approximate surface area is 199 Å². The third-order valence-electron chi connectivity index (χ3n) is 10.0. The number of ether oxygens (including phenoxy) is 1. The molecule has 0 aromatic heterocycles. The van der Waals surface area contributed by atoms with Crippen molar-refractivity contribution in [1.29, 1.82) is 0 Å². The van der Waals surface area contributed by atoms with Crippen LogP contribution in [0, 0.1) is 23.2 Å². The molecule has 0 heterocycles. The Hall–Kier alpha value is -1.84. The molecule has 0 saturated heterocycles. The first-order valence-electron chi connectivity index (χ1n) is 13.4. The molecule has 4 aliphatic carbocycles. The molecule has 1 aromatic carbocycles. The van der Waals surface area contributed by atoms with Crippen LogP contribution in [0.25, 0.3) is 0 Å². The molecule has 4 nitrogen and oxygen atoms in total. The maximum Gasteiger partial charge on any atom is 0.222 e. The topological polar surface area (TPSA) is 46.6 Å². The summed E-state index contributed by atoms with van der Waals surface area (Å²) >= 11 is 0. The quantitative estimate of drug-likeness (QED) is 0.558. The van der Waals surface area contributed by atoms with Crippen LogP contribution < -0.4 is 4.74 Å². The van der Waals surface area contributed by atoms with Crippen LogP contribution in [-0.4, -0.2) is 36.8 Å². The van der Waals surface area contributed by atoms with Gasteiger partial charge in [0.1, 0.15) is 11.5 Å². The minimum Gasteiger partial charge on any atom is -0.497 e. The number of benzene rings is 1. The summed E-state index contributed by atoms with van der Waals surface area (Å²) in [7, 11) is 3.74. The van der Waals surface area contributed by atoms with Gasteiger partial charge in [-0.05, 0) is 91.9 Å². The molecule has 33 heavy (non-hydrogen) atoms. The maximum atomic E-state index is 13.3. The van der Waals surface area contributed by atoms with Crippen molar-refractivity contribution in [3.63, 3.8) is 0 Å². The van der Waals surface area contributed by atoms with E-state index >= 15 is 0 Å². The summed E-state index contributed by atoms with van der Waals surface area (Å²) < 4.78 is 5.47. The zero-order valence-electron chi connectivity index (χ0n) is 20.8. The third-order valence-corrected chi connectivity index (χ3v) is 10.0. The van der Waals surface area contributed by atoms with Crippen LogP contribution in [0.5, 0.6) is 5.75 Å². The Morgan fingerprint density at radius 3 is 2.70 bits per heavy atom. The summed E-state index contributed by atoms with van der Waals surface area (Å²) in [5.41, 5.74) is 2.73. The predicted molar refractivity (Wildman–Crippen MR) is 130 cm³/mol. The lowest BCUT2D eigenvalue weighted by Gasteiger charge is -2.50. The molecule has 3 fully saturated rings. The number of hydrogen-bond donors (Lipinski definition) is 0. The second kappa shape index (κ2) is 9.07. The van der Waals surface area contributed by atoms with Gasteiger partial charge in [-0.3, -0.25) is 9.59 Å². The van der Waals surface area contributed by atoms with Gasteiger partial charge in [0.05, 0.1) is 7.11 Å². The predicted octanol–water partition coefficient (Wildman–Crippen LogP) is 5.92. The van der Waals surface area contributed by atoms with Gasteiger partial charge in [-0.25, -0.2) is 0 Å². The molecule has 1 amide bonds. The van der Waals surface area contributed by atoms with E-state index in [1.54, 1.807) is 7.11 Å². The van der Waals surface area contributed by atoms with Crippen LogP contribution in [0.1, 0.15) is 94.6 Å². The van der Waals surface area contributed by atoms with Crippen molar-refractivity contribution in [2.45, 2.75) is 95.9 Å². The second-order valence-electron chi connectivity index (χ2n) is 11.6. The fourth-order valence-electron chi connectivity index (χ4n) is 8.17. The number of amides is 1. The fourth-order valence-corrected chi connectivity index (χ4v) is 8.17. The second-order valence-corrected chi connectivity index (χ2v) is 11.6. The van der Waals surface area contributed by atoms with Crippen LogP contribution in [0.15, 0.2) is 18.2 Å². The fraction of sp³-hybridized carbons (Fsp3) is 0.724. The average molecular weight is 452 g/mol. The molecule has 1 aromatic rings. The van der Waals surface area contributed by atoms with E-state index in [1.165, 1.54) is 30.4 Å². The first kappa shape index (κ1) is 22.9. The van der Waals surface area contributed by atoms with Crippen LogP contribution in [0.2, 0.25) is 0 Å². The Bertz CT molecular complexity index is 904. The number of nitrogens with zero attached hydrogens (tertiary/aromatic N) is 1. The lowest BCUT2D eigenvalue weighted by Crippen LogP contribution is -2.44. The standard InChI is InChI=1S/C29H41NO3/c1-29-16-15-24-23-13-11-22(33-3)17-19(23)9-12-25(24)28(29)20(18-26(29)31)10-14-27(32)30(2)21-7-5-4-6-8-21/h11,13,17,20-21,24-25,28H,4-10,12,14-16,18H2,1-3H3/t20-,24?,25?,28?,29-/m1/s1. The van der Waals surface area contributed by atoms with E-state index in [4.69, 9.17) is 4.74 Å². The molecular weight excluding hydrogens is 410 g/mol. The zero-order chi connectivity index (χ0) is 23.2. The first-order chi connectivity index (χ1) is 15.9. The van der Waals surface area contributed by atoms with Gasteiger partial charge in [0.2, 0.25) is 5.91 Å². The maximum absolute atomic E-state index is 13.3. The SMILES string of the molecule is COc1ccc2c(c1)CCC1C2CC[C@]2(C)C(=O)C[C@@H](CCC(=O)N(C)C3CCCCC3)C12. The Balaban J connectivity index is 1.31. The number of aryl methyl sites for hydroxylation is 1. The third kappa shape index (κ3) is 4.02. The normalized spacial score (nSPS) is 33.7. The minimum absolute atomic E-state index is 0.186. The lowest BCUT2D eigenvalue weighted by atomic mass is 9.54. The summed E-state index contributed by atoms with van der Waals surface area (Å²) in [6.07, 6.45) is 12.6. The van der Waals surface area contributed by atoms with E-state index in [0.717, 1.165) is 50.7 Å². The average Bonchev–Trinajstić information content (AvgIpc) is 3.11. The molecule has 180 valence electrons. The van der Waals surface area contributed by atoms with Crippen molar-refractivity contribution in [3.05, 3.63) is 29.3 Å². The summed E-state index contributed by atoms with van der Waals surface area (Å²) in [6.45, 7) is 2.25. The van der Waals surface area contributed by atoms with Gasteiger partial charge in [-0.1, -0.05) is 32.3 Å². The number of hydrogen-bond acceptors (Lipinski definition) is 3. The molecule has 0 N–H and O–H groups in total. The van der Waals surface area contributed by atoms with Gasteiger partial charge in [-0.2, -0.15) is 0 Å². The van der Waals surface area contributed by atoms with Crippen LogP contribution >= 0.6 is 0 Å². The number of ketones is 1. The van der Waals surface area contributed by atoms with Crippen LogP contribution in [0.3, 0.4) is 0 Å². The highest BCUT2D eigenvalue weighted by Gasteiger charge is 2.58. The van der Waals surface area contributed by atoms with Gasteiger partial charge in [-0.15, -0.1) is 0 Å². The van der Waals surface area contributed by atoms with Gasteiger partial charge < -0.3 is 9.64 Å². The van der Waals surface area contributed by atoms with Crippen LogP contribution in [-0.2, 0) is 16.0 Å². The van der Waals surface area contributed by atoms with Crippen molar-refractivity contribution in [1.82, 2.24) is 4.90 Å². The van der Waals surface area contributed by atoms with Gasteiger partial charge in [0, 0.05) is 31.3 Å². The van der Waals surface area contributed by atoms with E-state index in [2.05, 4.69) is 25.1 Å². The summed E-state index contributed by atoms with van der Waals surface area (Å²) in [6, 6.07) is 7.03. The van der Waals surface area contributed by atoms with Gasteiger partial charge in [0.15, 0.2) is 0 Å². The molecule has 0 spiro atoms. The highest BCUT2D eigenvalue weighted by atomic mass is 16.5. The molecule has 4 heteroatoms. The summed E-state index contributed by atoms with van der Waals surface area (Å²) in [5, 5.41) is 0. The highest BCUT2D eigenvalue weighted by molar-refractivity contribution is 5.88. The molecule has 0 bridgehead atoms. The number of Topliss-reactive ketones (excluding diaryl/α,β-unsaturated/α-hetero) is 1. The number of carbonyl (C=O) groups is 2. The number of fused-ring (bicyclic) bond motifs is 5. The Morgan fingerprint density at radius 2 is 1.94 bits per heavy atom. The van der Waals surface area contributed by atoms with Crippen molar-refractivity contribution < 1.29 is 14.3 Å². The van der Waals surface area contributed by atoms with Crippen molar-refractivity contribution in [2.75, 3.05) is 14.2 Å². The summed E-state index contributed by atoms with van der Waals surface area (Å²) in [4.78, 5) is 28.3. The molecule has 0 radical (unpaired) electrons. The van der Waals surface area contributed by atoms with Gasteiger partial charge in [0.25, 0.3) is 0 Å². The number of methoxy groups -OCH3 is 1. The van der Waals surface area contributed by atoms with E-state index in [9.17, 15) is 9.59 Å². The van der Waals surface area contributed by atoms with E-state index in [1.807, 2.05) is 11.9 Å². The van der Waals surface area contributed by atoms with Gasteiger partial charge >= 0.3 is 0 Å². The summed E-state index contributed by atoms with van der Waals surface area (Å²) in [5.74, 6) is 3.59. The highest BCUT2D eigenvalue weighted by Crippen LogP contribution is 2.62. The molecule has 3 unspecified atom stereocenters. The Morgan fingerprint density at radius 1 is 1.15 bits per heavy atom. The largest absolute Gasteiger partial charge is 0.497 e. The van der Waals surface area contributed by atoms with Crippen LogP contribution in [0.4, 0.5) is 0 Å². The smallest absolute Gasteiger partial charge is 0.222 e. The molecule has 5 rings (SSSR count). The van der Waals surface area contributed by atoms with E-state index in [-0.39, 0.29) is 11.3 Å². The first-order valence-corrected chi connectivity index (χ1v) is 13.4. The molecule has 0 aliphatic heterocycles. The lowest BCUT2D eigenvalue weighted by molar-refractivity contribution is -0.133. The van der Waals surface area contributed by atoms with Crippen molar-refractivity contribution in [3.8, 4) is 5.75 Å². The molecule has 4 aliphatic rings. The van der Waals surface area contributed by atoms with E-state index < -0.39 is 0 Å².